The van der Waals surface area contributed by atoms with E-state index in [-0.39, 0.29) is 35.5 Å². The topological polar surface area (TPSA) is 59.2 Å². The largest absolute Gasteiger partial charge is 0.339 e. The molecule has 0 N–H and O–H groups in total. The number of aryl methyl sites for hydroxylation is 2. The van der Waals surface area contributed by atoms with Crippen LogP contribution in [0.4, 0.5) is 10.1 Å². The number of carbonyl (C=O) groups is 1. The molecule has 27 heavy (non-hydrogen) atoms. The van der Waals surface area contributed by atoms with Crippen molar-refractivity contribution in [2.24, 2.45) is 0 Å². The molecule has 0 aliphatic carbocycles. The van der Waals surface area contributed by atoms with Gasteiger partial charge in [-0.1, -0.05) is 28.9 Å². The summed E-state index contributed by atoms with van der Waals surface area (Å²) in [5.74, 6) is -0.129. The third kappa shape index (κ3) is 3.32. The molecule has 1 fully saturated rings. The van der Waals surface area contributed by atoms with Gasteiger partial charge in [0.1, 0.15) is 5.82 Å². The first-order valence-electron chi connectivity index (χ1n) is 8.59. The SMILES string of the molecule is Cc1ccc(-c2noc(C3CC(=O)N(c4ccc(Cl)cc4F)C3)n2)cc1C. The smallest absolute Gasteiger partial charge is 0.232 e. The standard InChI is InChI=1S/C20H17ClFN3O2/c1-11-3-4-13(7-12(11)2)19-23-20(27-24-19)14-8-18(26)25(10-14)17-6-5-15(21)9-16(17)22/h3-7,9,14H,8,10H2,1-2H3. The van der Waals surface area contributed by atoms with Crippen LogP contribution in [-0.4, -0.2) is 22.6 Å². The van der Waals surface area contributed by atoms with E-state index in [4.69, 9.17) is 16.1 Å². The molecule has 4 rings (SSSR count). The van der Waals surface area contributed by atoms with Crippen molar-refractivity contribution in [2.45, 2.75) is 26.2 Å². The Labute approximate surface area is 160 Å². The maximum atomic E-state index is 14.2. The molecular weight excluding hydrogens is 369 g/mol. The van der Waals surface area contributed by atoms with Crippen LogP contribution < -0.4 is 4.90 Å². The molecule has 1 atom stereocenters. The van der Waals surface area contributed by atoms with Gasteiger partial charge in [-0.15, -0.1) is 0 Å². The van der Waals surface area contributed by atoms with E-state index in [0.717, 1.165) is 11.1 Å². The lowest BCUT2D eigenvalue weighted by Crippen LogP contribution is -2.25. The van der Waals surface area contributed by atoms with Crippen LogP contribution in [0.2, 0.25) is 5.02 Å². The molecule has 1 aliphatic rings. The van der Waals surface area contributed by atoms with Gasteiger partial charge in [0.25, 0.3) is 0 Å². The zero-order valence-electron chi connectivity index (χ0n) is 14.9. The molecule has 138 valence electrons. The Hall–Kier alpha value is -2.73. The Morgan fingerprint density at radius 1 is 1.19 bits per heavy atom. The van der Waals surface area contributed by atoms with Crippen molar-refractivity contribution in [2.75, 3.05) is 11.4 Å². The van der Waals surface area contributed by atoms with E-state index in [9.17, 15) is 9.18 Å². The van der Waals surface area contributed by atoms with Gasteiger partial charge in [-0.3, -0.25) is 4.79 Å². The molecule has 1 aromatic heterocycles. The lowest BCUT2D eigenvalue weighted by atomic mass is 10.1. The van der Waals surface area contributed by atoms with Crippen LogP contribution in [0.25, 0.3) is 11.4 Å². The summed E-state index contributed by atoms with van der Waals surface area (Å²) in [6.45, 7) is 4.34. The maximum Gasteiger partial charge on any atom is 0.232 e. The number of aromatic nitrogens is 2. The van der Waals surface area contributed by atoms with E-state index in [0.29, 0.717) is 11.7 Å². The fraction of sp³-hybridized carbons (Fsp3) is 0.250. The number of halogens is 2. The van der Waals surface area contributed by atoms with Gasteiger partial charge in [0.15, 0.2) is 0 Å². The second-order valence-electron chi connectivity index (χ2n) is 6.76. The van der Waals surface area contributed by atoms with E-state index in [1.54, 1.807) is 6.07 Å². The molecule has 0 bridgehead atoms. The molecule has 2 heterocycles. The summed E-state index contributed by atoms with van der Waals surface area (Å²) in [6.07, 6.45) is 0.191. The van der Waals surface area contributed by atoms with Gasteiger partial charge in [-0.2, -0.15) is 4.98 Å². The van der Waals surface area contributed by atoms with Crippen molar-refractivity contribution < 1.29 is 13.7 Å². The summed E-state index contributed by atoms with van der Waals surface area (Å²) in [7, 11) is 0. The number of rotatable bonds is 3. The quantitative estimate of drug-likeness (QED) is 0.657. The molecule has 0 saturated carbocycles. The van der Waals surface area contributed by atoms with Gasteiger partial charge in [-0.25, -0.2) is 4.39 Å². The second kappa shape index (κ2) is 6.78. The Bertz CT molecular complexity index is 1030. The van der Waals surface area contributed by atoms with Crippen LogP contribution in [0.3, 0.4) is 0 Å². The Morgan fingerprint density at radius 2 is 2.00 bits per heavy atom. The summed E-state index contributed by atoms with van der Waals surface area (Å²) < 4.78 is 19.6. The van der Waals surface area contributed by atoms with Gasteiger partial charge in [0.2, 0.25) is 17.6 Å². The van der Waals surface area contributed by atoms with E-state index < -0.39 is 5.82 Å². The number of benzene rings is 2. The maximum absolute atomic E-state index is 14.2. The molecular formula is C20H17ClFN3O2. The van der Waals surface area contributed by atoms with Crippen molar-refractivity contribution >= 4 is 23.2 Å². The predicted octanol–water partition coefficient (Wildman–Crippen LogP) is 4.67. The molecule has 1 aliphatic heterocycles. The van der Waals surface area contributed by atoms with Crippen LogP contribution in [0.1, 0.15) is 29.4 Å². The summed E-state index contributed by atoms with van der Waals surface area (Å²) in [5.41, 5.74) is 3.39. The van der Waals surface area contributed by atoms with Crippen molar-refractivity contribution in [3.8, 4) is 11.4 Å². The van der Waals surface area contributed by atoms with Crippen LogP contribution in [0.5, 0.6) is 0 Å². The first-order valence-corrected chi connectivity index (χ1v) is 8.97. The molecule has 1 saturated heterocycles. The highest BCUT2D eigenvalue weighted by atomic mass is 35.5. The highest BCUT2D eigenvalue weighted by molar-refractivity contribution is 6.30. The first kappa shape index (κ1) is 17.7. The first-order chi connectivity index (χ1) is 12.9. The zero-order valence-corrected chi connectivity index (χ0v) is 15.6. The van der Waals surface area contributed by atoms with E-state index in [1.807, 2.05) is 32.0 Å². The third-order valence-corrected chi connectivity index (χ3v) is 5.12. The molecule has 7 heteroatoms. The summed E-state index contributed by atoms with van der Waals surface area (Å²) in [6, 6.07) is 10.2. The highest BCUT2D eigenvalue weighted by Crippen LogP contribution is 2.34. The lowest BCUT2D eigenvalue weighted by Gasteiger charge is -2.16. The number of hydrogen-bond donors (Lipinski definition) is 0. The monoisotopic (exact) mass is 385 g/mol. The van der Waals surface area contributed by atoms with Gasteiger partial charge < -0.3 is 9.42 Å². The third-order valence-electron chi connectivity index (χ3n) is 4.88. The Balaban J connectivity index is 1.57. The molecule has 2 aromatic carbocycles. The van der Waals surface area contributed by atoms with E-state index in [2.05, 4.69) is 10.1 Å². The average Bonchev–Trinajstić information content (AvgIpc) is 3.25. The van der Waals surface area contributed by atoms with Crippen LogP contribution in [-0.2, 0) is 4.79 Å². The Morgan fingerprint density at radius 3 is 2.74 bits per heavy atom. The minimum atomic E-state index is -0.530. The highest BCUT2D eigenvalue weighted by Gasteiger charge is 2.36. The fourth-order valence-corrected chi connectivity index (χ4v) is 3.36. The molecule has 1 amide bonds. The van der Waals surface area contributed by atoms with E-state index >= 15 is 0 Å². The number of nitrogens with zero attached hydrogens (tertiary/aromatic N) is 3. The zero-order chi connectivity index (χ0) is 19.1. The number of carbonyl (C=O) groups excluding carboxylic acids is 1. The molecule has 0 spiro atoms. The molecule has 3 aromatic rings. The second-order valence-corrected chi connectivity index (χ2v) is 7.19. The summed E-state index contributed by atoms with van der Waals surface area (Å²) >= 11 is 5.79. The average molecular weight is 386 g/mol. The van der Waals surface area contributed by atoms with Crippen molar-refractivity contribution in [1.82, 2.24) is 10.1 Å². The van der Waals surface area contributed by atoms with Crippen molar-refractivity contribution in [3.05, 3.63) is 64.3 Å². The summed E-state index contributed by atoms with van der Waals surface area (Å²) in [4.78, 5) is 18.3. The molecule has 1 unspecified atom stereocenters. The van der Waals surface area contributed by atoms with Gasteiger partial charge in [0, 0.05) is 23.6 Å². The minimum Gasteiger partial charge on any atom is -0.339 e. The summed E-state index contributed by atoms with van der Waals surface area (Å²) in [5, 5.41) is 4.33. The van der Waals surface area contributed by atoms with Crippen LogP contribution in [0, 0.1) is 19.7 Å². The fourth-order valence-electron chi connectivity index (χ4n) is 3.20. The predicted molar refractivity (Wildman–Crippen MR) is 100 cm³/mol. The van der Waals surface area contributed by atoms with Gasteiger partial charge in [-0.05, 0) is 49.2 Å². The minimum absolute atomic E-state index is 0.188. The van der Waals surface area contributed by atoms with Gasteiger partial charge in [0.05, 0.1) is 11.6 Å². The number of anilines is 1. The number of hydrogen-bond acceptors (Lipinski definition) is 4. The van der Waals surface area contributed by atoms with Gasteiger partial charge >= 0.3 is 0 Å². The lowest BCUT2D eigenvalue weighted by molar-refractivity contribution is -0.117. The number of amides is 1. The van der Waals surface area contributed by atoms with Crippen LogP contribution >= 0.6 is 11.6 Å². The Kier molecular flexibility index (Phi) is 4.44. The molecule has 0 radical (unpaired) electrons. The van der Waals surface area contributed by atoms with Crippen LogP contribution in [0.15, 0.2) is 40.9 Å². The van der Waals surface area contributed by atoms with Crippen molar-refractivity contribution in [1.29, 1.82) is 0 Å². The molecule has 5 nitrogen and oxygen atoms in total. The van der Waals surface area contributed by atoms with Crippen molar-refractivity contribution in [3.63, 3.8) is 0 Å². The van der Waals surface area contributed by atoms with E-state index in [1.165, 1.54) is 22.6 Å². The normalized spacial score (nSPS) is 17.0.